The first-order chi connectivity index (χ1) is 7.88. The Morgan fingerprint density at radius 2 is 1.82 bits per heavy atom. The minimum atomic E-state index is -2.68. The van der Waals surface area contributed by atoms with Crippen molar-refractivity contribution in [3.8, 4) is 5.75 Å². The van der Waals surface area contributed by atoms with E-state index in [-0.39, 0.29) is 17.0 Å². The van der Waals surface area contributed by atoms with Crippen molar-refractivity contribution < 1.29 is 22.6 Å². The Hall–Kier alpha value is -1.29. The summed E-state index contributed by atoms with van der Waals surface area (Å²) in [5.41, 5.74) is 0.364. The van der Waals surface area contributed by atoms with Crippen molar-refractivity contribution in [3.63, 3.8) is 0 Å². The minimum absolute atomic E-state index is 0.0412. The van der Waals surface area contributed by atoms with E-state index < -0.39 is 22.5 Å². The lowest BCUT2D eigenvalue weighted by molar-refractivity contribution is 0.470. The molecular weight excluding hydrogens is 268 g/mol. The van der Waals surface area contributed by atoms with Gasteiger partial charge in [-0.1, -0.05) is 0 Å². The molecule has 2 atom stereocenters. The molecule has 2 unspecified atom stereocenters. The fraction of sp³-hybridized carbons (Fsp3) is 0.125. The zero-order valence-electron chi connectivity index (χ0n) is 8.65. The molecule has 17 heavy (non-hydrogen) atoms. The summed E-state index contributed by atoms with van der Waals surface area (Å²) in [6.45, 7) is 1.50. The maximum absolute atomic E-state index is 10.9. The topological polar surface area (TPSA) is 122 Å². The molecule has 0 aliphatic rings. The van der Waals surface area contributed by atoms with Crippen LogP contribution in [0.15, 0.2) is 12.1 Å². The summed E-state index contributed by atoms with van der Waals surface area (Å²) in [7, 11) is 0. The van der Waals surface area contributed by atoms with Crippen LogP contribution in [0.25, 0.3) is 0 Å². The average Bonchev–Trinajstić information content (AvgIpc) is 2.21. The third kappa shape index (κ3) is 2.88. The van der Waals surface area contributed by atoms with E-state index in [0.29, 0.717) is 9.27 Å². The molecule has 0 aromatic heterocycles. The Balaban J connectivity index is 3.40. The molecule has 0 saturated carbocycles. The fourth-order valence-corrected chi connectivity index (χ4v) is 2.25. The molecule has 1 aromatic rings. The van der Waals surface area contributed by atoms with Crippen LogP contribution in [0.3, 0.4) is 0 Å². The Bertz CT molecular complexity index is 491. The summed E-state index contributed by atoms with van der Waals surface area (Å²) in [6, 6.07) is 2.43. The van der Waals surface area contributed by atoms with Crippen molar-refractivity contribution in [2.75, 3.05) is 3.71 Å². The second-order valence-electron chi connectivity index (χ2n) is 3.06. The number of nitrogens with one attached hydrogen (secondary N) is 1. The Labute approximate surface area is 102 Å². The third-order valence-electron chi connectivity index (χ3n) is 1.96. The minimum Gasteiger partial charge on any atom is -0.507 e. The Morgan fingerprint density at radius 3 is 2.24 bits per heavy atom. The molecule has 9 heteroatoms. The highest BCUT2D eigenvalue weighted by molar-refractivity contribution is 7.99. The summed E-state index contributed by atoms with van der Waals surface area (Å²) in [4.78, 5) is 0. The molecule has 0 amide bonds. The molecule has 0 aliphatic heterocycles. The Kier molecular flexibility index (Phi) is 4.34. The average molecular weight is 278 g/mol. The van der Waals surface area contributed by atoms with E-state index in [0.717, 1.165) is 12.3 Å². The third-order valence-corrected chi connectivity index (χ3v) is 3.72. The number of rotatable bonds is 4. The van der Waals surface area contributed by atoms with Crippen molar-refractivity contribution in [1.29, 1.82) is 5.41 Å². The first kappa shape index (κ1) is 13.8. The molecule has 0 aliphatic carbocycles. The Morgan fingerprint density at radius 1 is 1.29 bits per heavy atom. The number of benzene rings is 1. The normalized spacial score (nSPS) is 14.1. The van der Waals surface area contributed by atoms with Gasteiger partial charge in [-0.3, -0.25) is 9.11 Å². The largest absolute Gasteiger partial charge is 0.507 e. The van der Waals surface area contributed by atoms with E-state index in [2.05, 4.69) is 0 Å². The summed E-state index contributed by atoms with van der Waals surface area (Å²) >= 11 is -5.37. The molecule has 0 radical (unpaired) electrons. The van der Waals surface area contributed by atoms with Gasteiger partial charge in [0.2, 0.25) is 0 Å². The molecule has 94 valence electrons. The summed E-state index contributed by atoms with van der Waals surface area (Å²) in [6.07, 6.45) is 0.838. The van der Waals surface area contributed by atoms with Crippen molar-refractivity contribution in [3.05, 3.63) is 23.3 Å². The lowest BCUT2D eigenvalue weighted by Gasteiger charge is -2.16. The molecule has 0 bridgehead atoms. The van der Waals surface area contributed by atoms with Gasteiger partial charge in [0.25, 0.3) is 22.5 Å². The molecule has 0 fully saturated rings. The second-order valence-corrected chi connectivity index (χ2v) is 4.95. The molecular formula is C8H10N2O5S2. The summed E-state index contributed by atoms with van der Waals surface area (Å²) in [5.74, 6) is -0.156. The van der Waals surface area contributed by atoms with Gasteiger partial charge in [0, 0.05) is 11.8 Å². The zero-order valence-corrected chi connectivity index (χ0v) is 10.3. The van der Waals surface area contributed by atoms with E-state index in [4.69, 9.17) is 14.5 Å². The molecule has 0 saturated heterocycles. The van der Waals surface area contributed by atoms with E-state index >= 15 is 0 Å². The number of phenolic OH excluding ortho intramolecular Hbond substituents is 1. The van der Waals surface area contributed by atoms with Crippen LogP contribution < -0.4 is 3.71 Å². The maximum atomic E-state index is 10.9. The molecule has 0 spiro atoms. The van der Waals surface area contributed by atoms with E-state index in [1.54, 1.807) is 0 Å². The molecule has 0 heterocycles. The molecule has 1 rings (SSSR count). The number of aryl methyl sites for hydroxylation is 1. The maximum Gasteiger partial charge on any atom is 0.276 e. The van der Waals surface area contributed by atoms with Crippen LogP contribution in [0.2, 0.25) is 0 Å². The SMILES string of the molecule is Cc1cc(N(S(=O)O)S(=O)O)cc(C=N)c1O. The van der Waals surface area contributed by atoms with Crippen molar-refractivity contribution in [2.24, 2.45) is 0 Å². The standard InChI is InChI=1S/C8H10N2O5S2/c1-5-2-7(3-6(4-9)8(5)11)10(16(12)13)17(14)15/h2-4,9,11H,1H3,(H,12,13)(H,14,15). The van der Waals surface area contributed by atoms with Gasteiger partial charge in [-0.15, -0.1) is 0 Å². The highest BCUT2D eigenvalue weighted by Crippen LogP contribution is 2.28. The smallest absolute Gasteiger partial charge is 0.276 e. The fourth-order valence-electron chi connectivity index (χ4n) is 1.24. The molecule has 7 nitrogen and oxygen atoms in total. The quantitative estimate of drug-likeness (QED) is 0.479. The summed E-state index contributed by atoms with van der Waals surface area (Å²) in [5, 5.41) is 16.6. The van der Waals surface area contributed by atoms with E-state index in [1.807, 2.05) is 0 Å². The monoisotopic (exact) mass is 278 g/mol. The first-order valence-corrected chi connectivity index (χ1v) is 6.37. The number of hydrogen-bond acceptors (Lipinski definition) is 4. The van der Waals surface area contributed by atoms with Gasteiger partial charge in [-0.2, -0.15) is 3.71 Å². The molecule has 1 aromatic carbocycles. The van der Waals surface area contributed by atoms with Crippen LogP contribution in [0.1, 0.15) is 11.1 Å². The van der Waals surface area contributed by atoms with Gasteiger partial charge in [0.05, 0.1) is 5.69 Å². The lowest BCUT2D eigenvalue weighted by atomic mass is 10.1. The number of phenols is 1. The van der Waals surface area contributed by atoms with E-state index in [9.17, 15) is 13.5 Å². The highest BCUT2D eigenvalue weighted by Gasteiger charge is 2.20. The van der Waals surface area contributed by atoms with Crippen LogP contribution in [0.4, 0.5) is 5.69 Å². The first-order valence-electron chi connectivity index (χ1n) is 4.24. The lowest BCUT2D eigenvalue weighted by Crippen LogP contribution is -2.27. The van der Waals surface area contributed by atoms with Crippen LogP contribution in [-0.2, 0) is 22.5 Å². The van der Waals surface area contributed by atoms with Crippen LogP contribution >= 0.6 is 0 Å². The van der Waals surface area contributed by atoms with Crippen LogP contribution in [0.5, 0.6) is 5.75 Å². The predicted octanol–water partition coefficient (Wildman–Crippen LogP) is 0.778. The number of aromatic hydroxyl groups is 1. The number of hydrogen-bond donors (Lipinski definition) is 4. The number of anilines is 1. The van der Waals surface area contributed by atoms with Crippen molar-refractivity contribution in [2.45, 2.75) is 6.92 Å². The van der Waals surface area contributed by atoms with Crippen LogP contribution in [-0.4, -0.2) is 28.8 Å². The van der Waals surface area contributed by atoms with Crippen LogP contribution in [0, 0.1) is 12.3 Å². The number of nitrogens with zero attached hydrogens (tertiary/aromatic N) is 1. The molecule has 4 N–H and O–H groups in total. The highest BCUT2D eigenvalue weighted by atomic mass is 32.3. The van der Waals surface area contributed by atoms with Gasteiger partial charge in [0.1, 0.15) is 5.75 Å². The van der Waals surface area contributed by atoms with Gasteiger partial charge < -0.3 is 10.5 Å². The van der Waals surface area contributed by atoms with Crippen molar-refractivity contribution in [1.82, 2.24) is 0 Å². The van der Waals surface area contributed by atoms with Gasteiger partial charge in [-0.25, -0.2) is 8.42 Å². The predicted molar refractivity (Wildman–Crippen MR) is 64.8 cm³/mol. The van der Waals surface area contributed by atoms with Gasteiger partial charge in [0.15, 0.2) is 0 Å². The second kappa shape index (κ2) is 5.36. The zero-order chi connectivity index (χ0) is 13.2. The van der Waals surface area contributed by atoms with Crippen molar-refractivity contribution >= 4 is 34.4 Å². The van der Waals surface area contributed by atoms with Gasteiger partial charge >= 0.3 is 0 Å². The van der Waals surface area contributed by atoms with E-state index in [1.165, 1.54) is 13.0 Å². The van der Waals surface area contributed by atoms with Gasteiger partial charge in [-0.05, 0) is 24.6 Å². The summed E-state index contributed by atoms with van der Waals surface area (Å²) < 4.78 is 39.9.